The minimum Gasteiger partial charge on any atom is -0.508 e. The third-order valence-electron chi connectivity index (χ3n) is 5.59. The maximum absolute atomic E-state index is 13.0. The molecule has 0 aliphatic carbocycles. The molecule has 0 aromatic heterocycles. The second-order valence-corrected chi connectivity index (χ2v) is 7.08. The van der Waals surface area contributed by atoms with Crippen LogP contribution >= 0.6 is 0 Å². The molecule has 2 aromatic rings. The average molecular weight is 351 g/mol. The number of benzene rings is 2. The van der Waals surface area contributed by atoms with Crippen molar-refractivity contribution in [2.75, 3.05) is 42.5 Å². The summed E-state index contributed by atoms with van der Waals surface area (Å²) >= 11 is 0. The lowest BCUT2D eigenvalue weighted by Crippen LogP contribution is -2.54. The highest BCUT2D eigenvalue weighted by atomic mass is 16.3. The Balaban J connectivity index is 1.38. The quantitative estimate of drug-likeness (QED) is 0.923. The van der Waals surface area contributed by atoms with Crippen molar-refractivity contribution >= 4 is 17.3 Å². The number of fused-ring (bicyclic) bond motifs is 1. The number of hydrogen-bond acceptors (Lipinski definition) is 4. The molecule has 1 fully saturated rings. The van der Waals surface area contributed by atoms with Gasteiger partial charge in [-0.05, 0) is 49.2 Å². The molecule has 5 heteroatoms. The predicted octanol–water partition coefficient (Wildman–Crippen LogP) is 2.49. The number of hydrogen-bond donors (Lipinski definition) is 1. The van der Waals surface area contributed by atoms with Crippen molar-refractivity contribution in [3.63, 3.8) is 0 Å². The Kier molecular flexibility index (Phi) is 4.55. The van der Waals surface area contributed by atoms with Crippen LogP contribution in [0.3, 0.4) is 0 Å². The molecule has 0 bridgehead atoms. The predicted molar refractivity (Wildman–Crippen MR) is 104 cm³/mol. The van der Waals surface area contributed by atoms with Gasteiger partial charge in [0.2, 0.25) is 5.91 Å². The van der Waals surface area contributed by atoms with E-state index < -0.39 is 0 Å². The van der Waals surface area contributed by atoms with Crippen LogP contribution in [0.2, 0.25) is 0 Å². The molecule has 2 heterocycles. The minimum absolute atomic E-state index is 0.108. The number of anilines is 2. The van der Waals surface area contributed by atoms with Crippen LogP contribution in [0, 0.1) is 0 Å². The zero-order valence-corrected chi connectivity index (χ0v) is 15.1. The summed E-state index contributed by atoms with van der Waals surface area (Å²) in [6.07, 6.45) is 0.948. The van der Waals surface area contributed by atoms with E-state index in [9.17, 15) is 9.90 Å². The number of phenols is 1. The van der Waals surface area contributed by atoms with Crippen LogP contribution in [0.15, 0.2) is 48.5 Å². The molecule has 1 amide bonds. The molecule has 1 N–H and O–H groups in total. The fourth-order valence-corrected chi connectivity index (χ4v) is 3.98. The number of para-hydroxylation sites is 1. The second kappa shape index (κ2) is 7.00. The van der Waals surface area contributed by atoms with Gasteiger partial charge in [-0.2, -0.15) is 0 Å². The van der Waals surface area contributed by atoms with Gasteiger partial charge in [-0.1, -0.05) is 18.2 Å². The monoisotopic (exact) mass is 351 g/mol. The van der Waals surface area contributed by atoms with E-state index in [-0.39, 0.29) is 17.7 Å². The van der Waals surface area contributed by atoms with Crippen molar-refractivity contribution in [2.45, 2.75) is 19.4 Å². The Bertz CT molecular complexity index is 782. The normalized spacial score (nSPS) is 18.7. The maximum Gasteiger partial charge on any atom is 0.244 e. The average Bonchev–Trinajstić information content (AvgIpc) is 3.12. The largest absolute Gasteiger partial charge is 0.508 e. The molecule has 1 atom stereocenters. The molecule has 0 radical (unpaired) electrons. The number of carbonyl (C=O) groups is 1. The molecule has 1 saturated heterocycles. The van der Waals surface area contributed by atoms with Gasteiger partial charge in [0, 0.05) is 44.1 Å². The van der Waals surface area contributed by atoms with E-state index in [2.05, 4.69) is 21.9 Å². The molecule has 136 valence electrons. The Morgan fingerprint density at radius 3 is 2.38 bits per heavy atom. The van der Waals surface area contributed by atoms with E-state index in [0.29, 0.717) is 0 Å². The summed E-state index contributed by atoms with van der Waals surface area (Å²) in [4.78, 5) is 19.6. The summed E-state index contributed by atoms with van der Waals surface area (Å²) < 4.78 is 0. The lowest BCUT2D eigenvalue weighted by Gasteiger charge is -2.39. The van der Waals surface area contributed by atoms with Crippen LogP contribution in [0.1, 0.15) is 12.5 Å². The van der Waals surface area contributed by atoms with Crippen LogP contribution in [0.5, 0.6) is 5.75 Å². The van der Waals surface area contributed by atoms with Crippen LogP contribution in [0.4, 0.5) is 11.4 Å². The number of nitrogens with zero attached hydrogens (tertiary/aromatic N) is 3. The van der Waals surface area contributed by atoms with Crippen molar-refractivity contribution < 1.29 is 9.90 Å². The van der Waals surface area contributed by atoms with Gasteiger partial charge in [0.15, 0.2) is 0 Å². The van der Waals surface area contributed by atoms with Gasteiger partial charge in [0.1, 0.15) is 5.75 Å². The van der Waals surface area contributed by atoms with E-state index in [1.165, 1.54) is 5.56 Å². The van der Waals surface area contributed by atoms with Gasteiger partial charge in [0.25, 0.3) is 0 Å². The summed E-state index contributed by atoms with van der Waals surface area (Å²) in [6, 6.07) is 15.4. The summed E-state index contributed by atoms with van der Waals surface area (Å²) in [5, 5.41) is 9.44. The minimum atomic E-state index is -0.108. The lowest BCUT2D eigenvalue weighted by atomic mass is 10.1. The molecule has 26 heavy (non-hydrogen) atoms. The third-order valence-corrected chi connectivity index (χ3v) is 5.59. The summed E-state index contributed by atoms with van der Waals surface area (Å²) in [5.74, 6) is 0.491. The van der Waals surface area contributed by atoms with Crippen molar-refractivity contribution in [2.24, 2.45) is 0 Å². The number of rotatable bonds is 3. The molecule has 2 aliphatic rings. The van der Waals surface area contributed by atoms with E-state index >= 15 is 0 Å². The van der Waals surface area contributed by atoms with Gasteiger partial charge in [-0.15, -0.1) is 0 Å². The first-order valence-corrected chi connectivity index (χ1v) is 9.31. The van der Waals surface area contributed by atoms with E-state index in [1.54, 1.807) is 12.1 Å². The smallest absolute Gasteiger partial charge is 0.244 e. The molecular weight excluding hydrogens is 326 g/mol. The molecule has 0 unspecified atom stereocenters. The van der Waals surface area contributed by atoms with Crippen LogP contribution < -0.4 is 9.80 Å². The Morgan fingerprint density at radius 1 is 0.962 bits per heavy atom. The Hall–Kier alpha value is -2.53. The number of carbonyl (C=O) groups excluding carboxylic acids is 1. The highest BCUT2D eigenvalue weighted by Gasteiger charge is 2.32. The SMILES string of the molecule is C[C@@H](C(=O)N1CCc2ccccc21)N1CCN(c2ccc(O)cc2)CC1. The van der Waals surface area contributed by atoms with Crippen LogP contribution in [0.25, 0.3) is 0 Å². The first-order chi connectivity index (χ1) is 12.6. The van der Waals surface area contributed by atoms with Crippen LogP contribution in [-0.4, -0.2) is 54.7 Å². The molecule has 5 nitrogen and oxygen atoms in total. The topological polar surface area (TPSA) is 47.0 Å². The van der Waals surface area contributed by atoms with Crippen molar-refractivity contribution in [3.05, 3.63) is 54.1 Å². The molecule has 4 rings (SSSR count). The van der Waals surface area contributed by atoms with Crippen LogP contribution in [-0.2, 0) is 11.2 Å². The third kappa shape index (κ3) is 3.15. The summed E-state index contributed by atoms with van der Waals surface area (Å²) in [7, 11) is 0. The van der Waals surface area contributed by atoms with Gasteiger partial charge in [-0.25, -0.2) is 0 Å². The van der Waals surface area contributed by atoms with E-state index in [0.717, 1.165) is 50.5 Å². The van der Waals surface area contributed by atoms with Gasteiger partial charge in [0.05, 0.1) is 6.04 Å². The van der Waals surface area contributed by atoms with Gasteiger partial charge >= 0.3 is 0 Å². The molecule has 2 aliphatic heterocycles. The summed E-state index contributed by atoms with van der Waals surface area (Å²) in [5.41, 5.74) is 3.46. The molecule has 2 aromatic carbocycles. The molecule has 0 saturated carbocycles. The Morgan fingerprint density at radius 2 is 1.65 bits per heavy atom. The first kappa shape index (κ1) is 16.9. The Labute approximate surface area is 154 Å². The molecule has 0 spiro atoms. The lowest BCUT2D eigenvalue weighted by molar-refractivity contribution is -0.123. The van der Waals surface area contributed by atoms with E-state index in [1.807, 2.05) is 36.1 Å². The van der Waals surface area contributed by atoms with Gasteiger partial charge in [-0.3, -0.25) is 9.69 Å². The number of aromatic hydroxyl groups is 1. The second-order valence-electron chi connectivity index (χ2n) is 7.08. The van der Waals surface area contributed by atoms with Crippen molar-refractivity contribution in [1.82, 2.24) is 4.90 Å². The van der Waals surface area contributed by atoms with Gasteiger partial charge < -0.3 is 14.9 Å². The summed E-state index contributed by atoms with van der Waals surface area (Å²) in [6.45, 7) is 6.32. The highest BCUT2D eigenvalue weighted by Crippen LogP contribution is 2.29. The highest BCUT2D eigenvalue weighted by molar-refractivity contribution is 5.98. The number of amides is 1. The number of phenolic OH excluding ortho intramolecular Hbond substituents is 1. The van der Waals surface area contributed by atoms with Crippen molar-refractivity contribution in [1.29, 1.82) is 0 Å². The number of piperazine rings is 1. The fraction of sp³-hybridized carbons (Fsp3) is 0.381. The van der Waals surface area contributed by atoms with Crippen molar-refractivity contribution in [3.8, 4) is 5.75 Å². The zero-order chi connectivity index (χ0) is 18.1. The van der Waals surface area contributed by atoms with E-state index in [4.69, 9.17) is 0 Å². The first-order valence-electron chi connectivity index (χ1n) is 9.31. The fourth-order valence-electron chi connectivity index (χ4n) is 3.98. The zero-order valence-electron chi connectivity index (χ0n) is 15.1. The maximum atomic E-state index is 13.0. The standard InChI is InChI=1S/C21H25N3O2/c1-16(21(26)24-11-10-17-4-2-3-5-20(17)24)22-12-14-23(15-13-22)18-6-8-19(25)9-7-18/h2-9,16,25H,10-15H2,1H3/t16-/m0/s1. The molecular formula is C21H25N3O2.